The van der Waals surface area contributed by atoms with Crippen molar-refractivity contribution in [2.75, 3.05) is 0 Å². The van der Waals surface area contributed by atoms with Crippen molar-refractivity contribution in [1.82, 2.24) is 0 Å². The second kappa shape index (κ2) is 5.56. The predicted molar refractivity (Wildman–Crippen MR) is 68.3 cm³/mol. The molecule has 0 radical (unpaired) electrons. The Morgan fingerprint density at radius 1 is 0.889 bits per heavy atom. The second-order valence-electron chi connectivity index (χ2n) is 5.60. The normalized spacial score (nSPS) is 22.9. The minimum atomic E-state index is -1.34. The molecule has 2 aliphatic carbocycles. The first-order valence-corrected chi connectivity index (χ1v) is 11.6. The van der Waals surface area contributed by atoms with E-state index in [-0.39, 0.29) is 24.8 Å². The summed E-state index contributed by atoms with van der Waals surface area (Å²) in [6.07, 6.45) is 7.72. The molecule has 0 N–H and O–H groups in total. The number of allylic oxidation sites excluding steroid dienone is 8. The Hall–Kier alpha value is 0.640. The first kappa shape index (κ1) is 16.7. The Morgan fingerprint density at radius 3 is 1.67 bits per heavy atom. The van der Waals surface area contributed by atoms with Crippen LogP contribution in [0, 0.1) is 0 Å². The van der Waals surface area contributed by atoms with Crippen molar-refractivity contribution in [2.24, 2.45) is 0 Å². The Kier molecular flexibility index (Phi) is 5.16. The van der Waals surface area contributed by atoms with Gasteiger partial charge in [0.05, 0.1) is 0 Å². The second-order valence-corrected chi connectivity index (χ2v) is 13.5. The number of hydrogen-bond donors (Lipinski definition) is 0. The third-order valence-electron chi connectivity index (χ3n) is 4.38. The molecule has 0 amide bonds. The van der Waals surface area contributed by atoms with Gasteiger partial charge in [0, 0.05) is 0 Å². The van der Waals surface area contributed by atoms with Crippen LogP contribution in [-0.4, -0.2) is 8.07 Å². The molecule has 0 saturated carbocycles. The Labute approximate surface area is 135 Å². The molecule has 96 valence electrons. The molecule has 0 unspecified atom stereocenters. The van der Waals surface area contributed by atoms with Crippen molar-refractivity contribution in [3.05, 3.63) is 40.3 Å². The molecule has 0 atom stereocenters. The van der Waals surface area contributed by atoms with Crippen molar-refractivity contribution < 1.29 is 48.0 Å². The molecule has 3 rings (SSSR count). The van der Waals surface area contributed by atoms with E-state index in [1.165, 1.54) is 12.8 Å². The molecule has 0 spiro atoms. The summed E-state index contributed by atoms with van der Waals surface area (Å²) in [5, 5.41) is 3.52. The number of hydrogen-bond acceptors (Lipinski definition) is 0. The van der Waals surface area contributed by atoms with Gasteiger partial charge in [0.25, 0.3) is 0 Å². The topological polar surface area (TPSA) is 0 Å². The van der Waals surface area contributed by atoms with Gasteiger partial charge in [-0.3, -0.25) is 0 Å². The van der Waals surface area contributed by atoms with Crippen LogP contribution in [0.2, 0.25) is 13.1 Å². The summed E-state index contributed by atoms with van der Waals surface area (Å²) in [5.41, 5.74) is 3.42. The van der Waals surface area contributed by atoms with Crippen LogP contribution in [0.5, 0.6) is 0 Å². The van der Waals surface area contributed by atoms with Crippen LogP contribution in [0.15, 0.2) is 40.3 Å². The van der Waals surface area contributed by atoms with E-state index in [0.29, 0.717) is 0 Å². The molecule has 3 aliphatic rings. The summed E-state index contributed by atoms with van der Waals surface area (Å²) in [7, 11) is -1.34. The molecule has 4 heteroatoms. The summed E-state index contributed by atoms with van der Waals surface area (Å²) < 4.78 is 3.73. The molecule has 1 heterocycles. The van der Waals surface area contributed by atoms with Crippen LogP contribution in [0.4, 0.5) is 0 Å². The van der Waals surface area contributed by atoms with Gasteiger partial charge in [0.15, 0.2) is 0 Å². The van der Waals surface area contributed by atoms with E-state index in [2.05, 4.69) is 39.1 Å². The Morgan fingerprint density at radius 2 is 1.28 bits per heavy atom. The quantitative estimate of drug-likeness (QED) is 0.433. The van der Waals surface area contributed by atoms with Gasteiger partial charge < -0.3 is 24.8 Å². The molecule has 0 nitrogen and oxygen atoms in total. The zero-order chi connectivity index (χ0) is 11.5. The van der Waals surface area contributed by atoms with Gasteiger partial charge in [-0.2, -0.15) is 0 Å². The maximum absolute atomic E-state index is 2.56. The molecule has 0 saturated heterocycles. The van der Waals surface area contributed by atoms with Gasteiger partial charge in [-0.1, -0.05) is 0 Å². The fourth-order valence-electron chi connectivity index (χ4n) is 3.41. The molecule has 4 bridgehead atoms. The molecule has 1 aliphatic heterocycles. The zero-order valence-corrected chi connectivity index (χ0v) is 16.3. The summed E-state index contributed by atoms with van der Waals surface area (Å²) in [5.74, 6) is 0. The van der Waals surface area contributed by atoms with E-state index < -0.39 is 31.3 Å². The van der Waals surface area contributed by atoms with Crippen LogP contribution < -0.4 is 24.8 Å². The molecule has 18 heavy (non-hydrogen) atoms. The van der Waals surface area contributed by atoms with Gasteiger partial charge in [-0.15, -0.1) is 0 Å². The van der Waals surface area contributed by atoms with Gasteiger partial charge in [0.1, 0.15) is 0 Å². The fraction of sp³-hybridized carbons (Fsp3) is 0.429. The molecular weight excluding hydrogens is 358 g/mol. The molecule has 0 aromatic heterocycles. The van der Waals surface area contributed by atoms with Crippen LogP contribution in [0.3, 0.4) is 0 Å². The van der Waals surface area contributed by atoms with Gasteiger partial charge in [-0.25, -0.2) is 0 Å². The number of fused-ring (bicyclic) bond motifs is 2. The summed E-state index contributed by atoms with van der Waals surface area (Å²) in [6, 6.07) is 0. The zero-order valence-electron chi connectivity index (χ0n) is 11.3. The van der Waals surface area contributed by atoms with Crippen molar-refractivity contribution in [3.63, 3.8) is 0 Å². The molecule has 0 fully saturated rings. The van der Waals surface area contributed by atoms with Crippen LogP contribution in [0.1, 0.15) is 26.7 Å². The fourth-order valence-corrected chi connectivity index (χ4v) is 11.2. The maximum atomic E-state index is 2.56. The van der Waals surface area contributed by atoms with Gasteiger partial charge in [0.2, 0.25) is 0 Å². The van der Waals surface area contributed by atoms with E-state index in [1.54, 1.807) is 21.5 Å². The first-order chi connectivity index (χ1) is 7.51. The van der Waals surface area contributed by atoms with Gasteiger partial charge in [-0.05, 0) is 0 Å². The summed E-state index contributed by atoms with van der Waals surface area (Å²) in [4.78, 5) is 0. The number of halogens is 2. The van der Waals surface area contributed by atoms with E-state index in [9.17, 15) is 0 Å². The average Bonchev–Trinajstić information content (AvgIpc) is 2.75. The maximum Gasteiger partial charge on any atom is -1.00 e. The van der Waals surface area contributed by atoms with Crippen molar-refractivity contribution in [2.45, 2.75) is 39.8 Å². The van der Waals surface area contributed by atoms with Crippen molar-refractivity contribution in [1.29, 1.82) is 0 Å². The predicted octanol–water partition coefficient (Wildman–Crippen LogP) is -1.91. The van der Waals surface area contributed by atoms with E-state index in [1.807, 2.05) is 6.56 Å². The molecule has 0 aromatic rings. The van der Waals surface area contributed by atoms with Crippen LogP contribution in [-0.2, 0) is 23.2 Å². The largest absolute Gasteiger partial charge is 1.00 e. The van der Waals surface area contributed by atoms with E-state index >= 15 is 0 Å². The van der Waals surface area contributed by atoms with E-state index in [4.69, 9.17) is 0 Å². The SMILES string of the molecule is CC1=[C]2CC=C1[Si](C)(C)C1=CC[C](=C1C)[Zr+2]2.[Cl-].[Cl-]. The third-order valence-corrected chi connectivity index (χ3v) is 12.6. The summed E-state index contributed by atoms with van der Waals surface area (Å²) in [6.45, 7) is 9.87. The minimum absolute atomic E-state index is 0. The smallest absolute Gasteiger partial charge is 1.00 e. The standard InChI is InChI=1S/C14H18Si.2ClH.Zr/c1-11-7-5-9-13(11)15(3,4)14-10-6-8-12(14)2;;;/h9-10H,5-6H2,1-4H3;2*1H;/q;;;+2/p-2. The monoisotopic (exact) mass is 374 g/mol. The van der Waals surface area contributed by atoms with Crippen molar-refractivity contribution >= 4 is 8.07 Å². The third kappa shape index (κ3) is 2.24. The number of rotatable bonds is 0. The van der Waals surface area contributed by atoms with Gasteiger partial charge >= 0.3 is 111 Å². The van der Waals surface area contributed by atoms with Crippen molar-refractivity contribution in [3.8, 4) is 0 Å². The van der Waals surface area contributed by atoms with E-state index in [0.717, 1.165) is 0 Å². The van der Waals surface area contributed by atoms with Crippen LogP contribution in [0.25, 0.3) is 0 Å². The average molecular weight is 377 g/mol. The van der Waals surface area contributed by atoms with Crippen LogP contribution >= 0.6 is 0 Å². The first-order valence-electron chi connectivity index (χ1n) is 6.10. The minimum Gasteiger partial charge on any atom is -1.00 e. The Balaban J connectivity index is 0.000000810. The summed E-state index contributed by atoms with van der Waals surface area (Å²) >= 11 is -0.404. The molecular formula is C14H18Cl2SiZr. The molecule has 0 aromatic carbocycles. The Bertz CT molecular complexity index is 466.